The molecule has 0 aromatic heterocycles. The van der Waals surface area contributed by atoms with Crippen molar-refractivity contribution in [3.63, 3.8) is 0 Å². The number of amides is 2. The van der Waals surface area contributed by atoms with E-state index in [2.05, 4.69) is 11.4 Å². The summed E-state index contributed by atoms with van der Waals surface area (Å²) in [5.41, 5.74) is 1.46. The van der Waals surface area contributed by atoms with Crippen LogP contribution in [0.15, 0.2) is 48.5 Å². The Kier molecular flexibility index (Phi) is 4.57. The maximum Gasteiger partial charge on any atom is 0.239 e. The highest BCUT2D eigenvalue weighted by molar-refractivity contribution is 6.09. The minimum atomic E-state index is -1.24. The second-order valence-electron chi connectivity index (χ2n) is 6.83. The quantitative estimate of drug-likeness (QED) is 0.871. The topological polar surface area (TPSA) is 49.4 Å². The summed E-state index contributed by atoms with van der Waals surface area (Å²) in [6, 6.07) is 13.7. The molecule has 0 aliphatic carbocycles. The van der Waals surface area contributed by atoms with Gasteiger partial charge in [-0.1, -0.05) is 30.3 Å². The molecule has 2 aromatic rings. The van der Waals surface area contributed by atoms with Crippen LogP contribution in [0.5, 0.6) is 0 Å². The Hall–Kier alpha value is -2.69. The molecule has 0 saturated carbocycles. The van der Waals surface area contributed by atoms with Crippen molar-refractivity contribution in [1.29, 1.82) is 0 Å². The predicted molar refractivity (Wildman–Crippen MR) is 94.4 cm³/mol. The second-order valence-corrected chi connectivity index (χ2v) is 6.83. The van der Waals surface area contributed by atoms with E-state index in [4.69, 9.17) is 0 Å². The molecule has 1 aliphatic rings. The molecule has 2 amide bonds. The van der Waals surface area contributed by atoms with E-state index in [9.17, 15) is 14.0 Å². The summed E-state index contributed by atoms with van der Waals surface area (Å²) in [4.78, 5) is 27.2. The number of hydrogen-bond donors (Lipinski definition) is 1. The number of hydrogen-bond acceptors (Lipinski definition) is 2. The number of carbonyl (C=O) groups excluding carboxylic acids is 2. The van der Waals surface area contributed by atoms with Gasteiger partial charge in [0.15, 0.2) is 0 Å². The number of rotatable bonds is 3. The van der Waals surface area contributed by atoms with Crippen LogP contribution in [0.4, 0.5) is 10.1 Å². The molecular weight excluding hydrogens is 319 g/mol. The molecule has 1 N–H and O–H groups in total. The summed E-state index contributed by atoms with van der Waals surface area (Å²) in [6.45, 7) is 4.30. The molecule has 4 nitrogen and oxygen atoms in total. The maximum atomic E-state index is 13.3. The largest absolute Gasteiger partial charge is 0.337 e. The van der Waals surface area contributed by atoms with Gasteiger partial charge in [-0.15, -0.1) is 0 Å². The lowest BCUT2D eigenvalue weighted by molar-refractivity contribution is -0.147. The fraction of sp³-hybridized carbons (Fsp3) is 0.300. The van der Waals surface area contributed by atoms with Crippen molar-refractivity contribution >= 4 is 17.5 Å². The summed E-state index contributed by atoms with van der Waals surface area (Å²) in [5, 5.41) is 2.64. The van der Waals surface area contributed by atoms with E-state index in [0.29, 0.717) is 18.8 Å². The Bertz CT molecular complexity index is 817. The minimum Gasteiger partial charge on any atom is -0.337 e. The summed E-state index contributed by atoms with van der Waals surface area (Å²) < 4.78 is 13.3. The first kappa shape index (κ1) is 17.1. The van der Waals surface area contributed by atoms with Gasteiger partial charge in [-0.25, -0.2) is 4.39 Å². The second kappa shape index (κ2) is 6.67. The molecular formula is C20H21FN2O2. The number of halogens is 1. The zero-order valence-corrected chi connectivity index (χ0v) is 14.4. The number of nitrogens with one attached hydrogen (secondary N) is 1. The van der Waals surface area contributed by atoms with Gasteiger partial charge in [0.25, 0.3) is 0 Å². The van der Waals surface area contributed by atoms with Crippen LogP contribution < -0.4 is 5.32 Å². The van der Waals surface area contributed by atoms with Gasteiger partial charge in [-0.05, 0) is 49.6 Å². The third-order valence-electron chi connectivity index (χ3n) is 4.60. The van der Waals surface area contributed by atoms with Gasteiger partial charge in [-0.2, -0.15) is 0 Å². The average molecular weight is 340 g/mol. The average Bonchev–Trinajstić information content (AvgIpc) is 2.60. The lowest BCUT2D eigenvalue weighted by Gasteiger charge is -2.34. The van der Waals surface area contributed by atoms with Crippen molar-refractivity contribution in [1.82, 2.24) is 4.90 Å². The van der Waals surface area contributed by atoms with Crippen molar-refractivity contribution < 1.29 is 14.0 Å². The minimum absolute atomic E-state index is 0.226. The van der Waals surface area contributed by atoms with Crippen molar-refractivity contribution in [3.05, 3.63) is 65.5 Å². The molecule has 0 bridgehead atoms. The van der Waals surface area contributed by atoms with Gasteiger partial charge < -0.3 is 10.2 Å². The molecule has 25 heavy (non-hydrogen) atoms. The van der Waals surface area contributed by atoms with Gasteiger partial charge in [0.1, 0.15) is 11.2 Å². The number of benzene rings is 2. The predicted octanol–water partition coefficient (Wildman–Crippen LogP) is 3.38. The Morgan fingerprint density at radius 3 is 2.52 bits per heavy atom. The zero-order chi connectivity index (χ0) is 18.0. The Labute approximate surface area is 146 Å². The summed E-state index contributed by atoms with van der Waals surface area (Å²) in [7, 11) is 0. The Morgan fingerprint density at radius 1 is 1.08 bits per heavy atom. The van der Waals surface area contributed by atoms with Crippen LogP contribution in [-0.2, 0) is 22.6 Å². The smallest absolute Gasteiger partial charge is 0.239 e. The summed E-state index contributed by atoms with van der Waals surface area (Å²) >= 11 is 0. The Balaban J connectivity index is 1.73. The van der Waals surface area contributed by atoms with E-state index in [1.54, 1.807) is 24.8 Å². The first-order valence-corrected chi connectivity index (χ1v) is 8.31. The number of nitrogens with zero attached hydrogens (tertiary/aromatic N) is 1. The van der Waals surface area contributed by atoms with Crippen LogP contribution >= 0.6 is 0 Å². The number of carbonyl (C=O) groups is 2. The normalized spacial score (nSPS) is 14.0. The summed E-state index contributed by atoms with van der Waals surface area (Å²) in [5.74, 6) is -1.10. The van der Waals surface area contributed by atoms with E-state index in [-0.39, 0.29) is 5.91 Å². The van der Waals surface area contributed by atoms with Gasteiger partial charge in [-0.3, -0.25) is 9.59 Å². The number of anilines is 1. The standard InChI is InChI=1S/C20H21FN2O2/c1-20(2,18(24)22-17-9-5-8-16(21)12-17)19(25)23-11-10-14-6-3-4-7-15(14)13-23/h3-9,12H,10-11,13H2,1-2H3,(H,22,24). The van der Waals surface area contributed by atoms with E-state index in [1.165, 1.54) is 23.8 Å². The lowest BCUT2D eigenvalue weighted by atomic mass is 9.88. The van der Waals surface area contributed by atoms with Crippen LogP contribution in [0.25, 0.3) is 0 Å². The molecule has 0 unspecified atom stereocenters. The van der Waals surface area contributed by atoms with Crippen molar-refractivity contribution in [2.45, 2.75) is 26.8 Å². The van der Waals surface area contributed by atoms with Crippen LogP contribution in [0.2, 0.25) is 0 Å². The monoisotopic (exact) mass is 340 g/mol. The van der Waals surface area contributed by atoms with Crippen molar-refractivity contribution in [3.8, 4) is 0 Å². The zero-order valence-electron chi connectivity index (χ0n) is 14.4. The van der Waals surface area contributed by atoms with Gasteiger partial charge in [0, 0.05) is 18.8 Å². The fourth-order valence-corrected chi connectivity index (χ4v) is 3.02. The third kappa shape index (κ3) is 3.55. The van der Waals surface area contributed by atoms with Crippen LogP contribution in [0.1, 0.15) is 25.0 Å². The van der Waals surface area contributed by atoms with Crippen LogP contribution in [0.3, 0.4) is 0 Å². The van der Waals surface area contributed by atoms with Crippen LogP contribution in [0, 0.1) is 11.2 Å². The molecule has 1 aliphatic heterocycles. The maximum absolute atomic E-state index is 13.3. The highest BCUT2D eigenvalue weighted by atomic mass is 19.1. The van der Waals surface area contributed by atoms with E-state index >= 15 is 0 Å². The van der Waals surface area contributed by atoms with Gasteiger partial charge >= 0.3 is 0 Å². The molecule has 0 radical (unpaired) electrons. The Morgan fingerprint density at radius 2 is 1.80 bits per heavy atom. The first-order valence-electron chi connectivity index (χ1n) is 8.31. The van der Waals surface area contributed by atoms with Gasteiger partial charge in [0.05, 0.1) is 0 Å². The third-order valence-corrected chi connectivity index (χ3v) is 4.60. The molecule has 2 aromatic carbocycles. The molecule has 0 atom stereocenters. The van der Waals surface area contributed by atoms with Crippen molar-refractivity contribution in [2.24, 2.45) is 5.41 Å². The van der Waals surface area contributed by atoms with Gasteiger partial charge in [0.2, 0.25) is 11.8 Å². The lowest BCUT2D eigenvalue weighted by Crippen LogP contribution is -2.48. The highest BCUT2D eigenvalue weighted by Gasteiger charge is 2.40. The molecule has 1 heterocycles. The van der Waals surface area contributed by atoms with E-state index in [0.717, 1.165) is 12.0 Å². The van der Waals surface area contributed by atoms with E-state index in [1.807, 2.05) is 18.2 Å². The molecule has 130 valence electrons. The molecule has 0 spiro atoms. The molecule has 0 saturated heterocycles. The van der Waals surface area contributed by atoms with Crippen molar-refractivity contribution in [2.75, 3.05) is 11.9 Å². The first-order chi connectivity index (χ1) is 11.9. The molecule has 3 rings (SSSR count). The SMILES string of the molecule is CC(C)(C(=O)Nc1cccc(F)c1)C(=O)N1CCc2ccccc2C1. The van der Waals surface area contributed by atoms with E-state index < -0.39 is 17.1 Å². The molecule has 5 heteroatoms. The van der Waals surface area contributed by atoms with Crippen LogP contribution in [-0.4, -0.2) is 23.3 Å². The number of fused-ring (bicyclic) bond motifs is 1. The summed E-state index contributed by atoms with van der Waals surface area (Å²) in [6.07, 6.45) is 0.781. The highest BCUT2D eigenvalue weighted by Crippen LogP contribution is 2.26. The fourth-order valence-electron chi connectivity index (χ4n) is 3.02. The molecule has 0 fully saturated rings.